The first kappa shape index (κ1) is 14.6. The number of anilines is 1. The SMILES string of the molecule is Cc1cc(CS(=O)(=O)Nc2ccc(I)cc2Cl)no1. The van der Waals surface area contributed by atoms with E-state index in [1.165, 1.54) is 0 Å². The minimum atomic E-state index is -3.57. The van der Waals surface area contributed by atoms with Crippen molar-refractivity contribution in [1.82, 2.24) is 5.16 Å². The van der Waals surface area contributed by atoms with Gasteiger partial charge in [-0.1, -0.05) is 16.8 Å². The van der Waals surface area contributed by atoms with Gasteiger partial charge in [0, 0.05) is 9.64 Å². The molecule has 0 saturated carbocycles. The number of halogens is 2. The summed E-state index contributed by atoms with van der Waals surface area (Å²) in [5, 5.41) is 4.00. The number of rotatable bonds is 4. The Morgan fingerprint density at radius 1 is 1.42 bits per heavy atom. The molecule has 1 heterocycles. The van der Waals surface area contributed by atoms with Gasteiger partial charge < -0.3 is 4.52 Å². The summed E-state index contributed by atoms with van der Waals surface area (Å²) in [6, 6.07) is 6.65. The first-order valence-electron chi connectivity index (χ1n) is 5.23. The zero-order valence-electron chi connectivity index (χ0n) is 9.85. The van der Waals surface area contributed by atoms with Gasteiger partial charge in [0.1, 0.15) is 17.2 Å². The molecule has 0 fully saturated rings. The Morgan fingerprint density at radius 2 is 2.16 bits per heavy atom. The van der Waals surface area contributed by atoms with Crippen LogP contribution in [-0.2, 0) is 15.8 Å². The van der Waals surface area contributed by atoms with E-state index in [0.717, 1.165) is 3.57 Å². The van der Waals surface area contributed by atoms with E-state index in [4.69, 9.17) is 16.1 Å². The summed E-state index contributed by atoms with van der Waals surface area (Å²) in [4.78, 5) is 0. The molecule has 0 radical (unpaired) electrons. The molecular formula is C11H10ClIN2O3S. The molecule has 0 aliphatic carbocycles. The average molecular weight is 413 g/mol. The minimum Gasteiger partial charge on any atom is -0.361 e. The molecule has 1 aromatic heterocycles. The van der Waals surface area contributed by atoms with Gasteiger partial charge in [0.2, 0.25) is 10.0 Å². The summed E-state index contributed by atoms with van der Waals surface area (Å²) in [6.07, 6.45) is 0. The van der Waals surface area contributed by atoms with Crippen LogP contribution in [0.5, 0.6) is 0 Å². The Balaban J connectivity index is 2.17. The standard InChI is InChI=1S/C11H10ClIN2O3S/c1-7-4-9(14-18-7)6-19(16,17)15-11-3-2-8(13)5-10(11)12/h2-5,15H,6H2,1H3. The topological polar surface area (TPSA) is 72.2 Å². The molecule has 1 N–H and O–H groups in total. The Bertz CT molecular complexity index is 700. The summed E-state index contributed by atoms with van der Waals surface area (Å²) >= 11 is 8.07. The van der Waals surface area contributed by atoms with Crippen molar-refractivity contribution in [1.29, 1.82) is 0 Å². The Labute approximate surface area is 129 Å². The van der Waals surface area contributed by atoms with E-state index >= 15 is 0 Å². The van der Waals surface area contributed by atoms with Crippen LogP contribution in [0.15, 0.2) is 28.8 Å². The predicted molar refractivity (Wildman–Crippen MR) is 81.7 cm³/mol. The molecule has 0 bridgehead atoms. The van der Waals surface area contributed by atoms with Crippen molar-refractivity contribution in [2.24, 2.45) is 0 Å². The molecule has 0 unspecified atom stereocenters. The average Bonchev–Trinajstić information content (AvgIpc) is 2.67. The van der Waals surface area contributed by atoms with Crippen LogP contribution >= 0.6 is 34.2 Å². The molecule has 19 heavy (non-hydrogen) atoms. The number of aryl methyl sites for hydroxylation is 1. The van der Waals surface area contributed by atoms with E-state index in [-0.39, 0.29) is 5.75 Å². The van der Waals surface area contributed by atoms with Gasteiger partial charge in [0.05, 0.1) is 10.7 Å². The highest BCUT2D eigenvalue weighted by Crippen LogP contribution is 2.25. The first-order chi connectivity index (χ1) is 8.85. The van der Waals surface area contributed by atoms with Crippen LogP contribution in [0.25, 0.3) is 0 Å². The third-order valence-corrected chi connectivity index (χ3v) is 4.40. The molecule has 2 aromatic rings. The zero-order chi connectivity index (χ0) is 14.0. The van der Waals surface area contributed by atoms with Crippen LogP contribution in [-0.4, -0.2) is 13.6 Å². The van der Waals surface area contributed by atoms with Crippen molar-refractivity contribution in [3.8, 4) is 0 Å². The molecule has 2 rings (SSSR count). The third-order valence-electron chi connectivity index (χ3n) is 2.21. The minimum absolute atomic E-state index is 0.257. The Morgan fingerprint density at radius 3 is 2.74 bits per heavy atom. The summed E-state index contributed by atoms with van der Waals surface area (Å²) in [6.45, 7) is 1.70. The van der Waals surface area contributed by atoms with E-state index in [1.54, 1.807) is 31.2 Å². The Hall–Kier alpha value is -0.800. The predicted octanol–water partition coefficient (Wildman–Crippen LogP) is 3.18. The van der Waals surface area contributed by atoms with Crippen LogP contribution in [0.1, 0.15) is 11.5 Å². The normalized spacial score (nSPS) is 11.5. The molecular weight excluding hydrogens is 403 g/mol. The number of hydrogen-bond donors (Lipinski definition) is 1. The number of nitrogens with zero attached hydrogens (tertiary/aromatic N) is 1. The van der Waals surface area contributed by atoms with Gasteiger partial charge in [0.15, 0.2) is 0 Å². The highest BCUT2D eigenvalue weighted by atomic mass is 127. The first-order valence-corrected chi connectivity index (χ1v) is 8.34. The third kappa shape index (κ3) is 4.08. The van der Waals surface area contributed by atoms with Crippen molar-refractivity contribution in [2.75, 3.05) is 4.72 Å². The van der Waals surface area contributed by atoms with E-state index in [9.17, 15) is 8.42 Å². The van der Waals surface area contributed by atoms with Crippen LogP contribution < -0.4 is 4.72 Å². The molecule has 0 aliphatic rings. The molecule has 102 valence electrons. The molecule has 1 aromatic carbocycles. The van der Waals surface area contributed by atoms with Gasteiger partial charge in [-0.15, -0.1) is 0 Å². The molecule has 0 spiro atoms. The second-order valence-corrected chi connectivity index (χ2v) is 7.29. The molecule has 5 nitrogen and oxygen atoms in total. The zero-order valence-corrected chi connectivity index (χ0v) is 13.6. The fourth-order valence-corrected chi connectivity index (χ4v) is 3.53. The number of benzene rings is 1. The maximum absolute atomic E-state index is 12.0. The molecule has 0 atom stereocenters. The van der Waals surface area contributed by atoms with Crippen molar-refractivity contribution in [3.05, 3.63) is 44.3 Å². The summed E-state index contributed by atoms with van der Waals surface area (Å²) in [5.41, 5.74) is 0.703. The fourth-order valence-electron chi connectivity index (χ4n) is 1.46. The number of aromatic nitrogens is 1. The lowest BCUT2D eigenvalue weighted by Crippen LogP contribution is -2.15. The second kappa shape index (κ2) is 5.68. The lowest BCUT2D eigenvalue weighted by molar-refractivity contribution is 0.392. The van der Waals surface area contributed by atoms with Gasteiger partial charge in [-0.2, -0.15) is 0 Å². The summed E-state index contributed by atoms with van der Waals surface area (Å²) < 4.78 is 32.1. The smallest absolute Gasteiger partial charge is 0.238 e. The molecule has 8 heteroatoms. The van der Waals surface area contributed by atoms with Crippen LogP contribution in [0, 0.1) is 10.5 Å². The highest BCUT2D eigenvalue weighted by molar-refractivity contribution is 14.1. The number of nitrogens with one attached hydrogen (secondary N) is 1. The van der Waals surface area contributed by atoms with Gasteiger partial charge in [-0.25, -0.2) is 8.42 Å². The molecule has 0 amide bonds. The largest absolute Gasteiger partial charge is 0.361 e. The summed E-state index contributed by atoms with van der Waals surface area (Å²) in [7, 11) is -3.57. The van der Waals surface area contributed by atoms with Crippen LogP contribution in [0.4, 0.5) is 5.69 Å². The fraction of sp³-hybridized carbons (Fsp3) is 0.182. The van der Waals surface area contributed by atoms with Crippen molar-refractivity contribution in [3.63, 3.8) is 0 Å². The van der Waals surface area contributed by atoms with E-state index in [2.05, 4.69) is 32.5 Å². The monoisotopic (exact) mass is 412 g/mol. The van der Waals surface area contributed by atoms with Crippen molar-refractivity contribution < 1.29 is 12.9 Å². The van der Waals surface area contributed by atoms with Gasteiger partial charge in [-0.3, -0.25) is 4.72 Å². The lowest BCUT2D eigenvalue weighted by Gasteiger charge is -2.08. The lowest BCUT2D eigenvalue weighted by atomic mass is 10.3. The van der Waals surface area contributed by atoms with Crippen molar-refractivity contribution >= 4 is 49.9 Å². The second-order valence-electron chi connectivity index (χ2n) is 3.91. The van der Waals surface area contributed by atoms with Gasteiger partial charge in [-0.05, 0) is 47.7 Å². The molecule has 0 aliphatic heterocycles. The van der Waals surface area contributed by atoms with Crippen molar-refractivity contribution in [2.45, 2.75) is 12.7 Å². The summed E-state index contributed by atoms with van der Waals surface area (Å²) in [5.74, 6) is 0.310. The molecule has 0 saturated heterocycles. The number of sulfonamides is 1. The Kier molecular flexibility index (Phi) is 4.36. The quantitative estimate of drug-likeness (QED) is 0.783. The maximum Gasteiger partial charge on any atom is 0.238 e. The maximum atomic E-state index is 12.0. The van der Waals surface area contributed by atoms with Gasteiger partial charge in [0.25, 0.3) is 0 Å². The van der Waals surface area contributed by atoms with Crippen LogP contribution in [0.2, 0.25) is 5.02 Å². The van der Waals surface area contributed by atoms with E-state index in [0.29, 0.717) is 22.2 Å². The van der Waals surface area contributed by atoms with Gasteiger partial charge >= 0.3 is 0 Å². The van der Waals surface area contributed by atoms with E-state index in [1.807, 2.05) is 0 Å². The van der Waals surface area contributed by atoms with Crippen LogP contribution in [0.3, 0.4) is 0 Å². The highest BCUT2D eigenvalue weighted by Gasteiger charge is 2.16. The van der Waals surface area contributed by atoms with E-state index < -0.39 is 10.0 Å². The number of hydrogen-bond acceptors (Lipinski definition) is 4.